The molecule has 0 radical (unpaired) electrons. The van der Waals surface area contributed by atoms with E-state index in [4.69, 9.17) is 0 Å². The normalized spacial score (nSPS) is 33.6. The van der Waals surface area contributed by atoms with Crippen molar-refractivity contribution in [3.8, 4) is 0 Å². The summed E-state index contributed by atoms with van der Waals surface area (Å²) >= 11 is 0. The lowest BCUT2D eigenvalue weighted by Crippen LogP contribution is -2.57. The number of fused-ring (bicyclic) bond motifs is 1. The standard InChI is InChI=1S/C11H19NO/c1-9(13)6-7-12-8-10-4-2-3-5-11(10)12/h10-11H,2-8H2,1H3/t10-,11-/m1/s1. The largest absolute Gasteiger partial charge is 0.300 e. The van der Waals surface area contributed by atoms with E-state index < -0.39 is 0 Å². The van der Waals surface area contributed by atoms with E-state index in [1.54, 1.807) is 6.92 Å². The minimum atomic E-state index is 0.333. The predicted octanol–water partition coefficient (Wildman–Crippen LogP) is 1.84. The number of carbonyl (C=O) groups excluding carboxylic acids is 1. The van der Waals surface area contributed by atoms with Crippen molar-refractivity contribution in [2.24, 2.45) is 5.92 Å². The monoisotopic (exact) mass is 181 g/mol. The zero-order valence-electron chi connectivity index (χ0n) is 8.46. The van der Waals surface area contributed by atoms with Gasteiger partial charge in [-0.2, -0.15) is 0 Å². The van der Waals surface area contributed by atoms with Crippen molar-refractivity contribution >= 4 is 5.78 Å². The fraction of sp³-hybridized carbons (Fsp3) is 0.909. The van der Waals surface area contributed by atoms with Crippen LogP contribution in [0.25, 0.3) is 0 Å². The van der Waals surface area contributed by atoms with Gasteiger partial charge in [0.25, 0.3) is 0 Å². The summed E-state index contributed by atoms with van der Waals surface area (Å²) < 4.78 is 0. The summed E-state index contributed by atoms with van der Waals surface area (Å²) in [4.78, 5) is 13.3. The third-order valence-corrected chi connectivity index (χ3v) is 3.56. The van der Waals surface area contributed by atoms with E-state index in [0.717, 1.165) is 24.9 Å². The molecule has 2 aliphatic rings. The average Bonchev–Trinajstić information content (AvgIpc) is 2.06. The van der Waals surface area contributed by atoms with Gasteiger partial charge in [-0.1, -0.05) is 12.8 Å². The molecule has 1 aliphatic carbocycles. The second-order valence-electron chi connectivity index (χ2n) is 4.56. The quantitative estimate of drug-likeness (QED) is 0.662. The molecule has 0 aromatic rings. The summed E-state index contributed by atoms with van der Waals surface area (Å²) in [5, 5.41) is 0. The topological polar surface area (TPSA) is 20.3 Å². The second kappa shape index (κ2) is 3.79. The molecule has 1 saturated heterocycles. The summed E-state index contributed by atoms with van der Waals surface area (Å²) in [6.45, 7) is 3.96. The first-order valence-electron chi connectivity index (χ1n) is 5.51. The highest BCUT2D eigenvalue weighted by molar-refractivity contribution is 5.75. The summed E-state index contributed by atoms with van der Waals surface area (Å²) in [5.41, 5.74) is 0. The minimum Gasteiger partial charge on any atom is -0.300 e. The molecule has 2 fully saturated rings. The van der Waals surface area contributed by atoms with Gasteiger partial charge in [-0.3, -0.25) is 9.69 Å². The molecule has 2 nitrogen and oxygen atoms in total. The van der Waals surface area contributed by atoms with Gasteiger partial charge in [0, 0.05) is 25.6 Å². The Labute approximate surface area is 80.3 Å². The summed E-state index contributed by atoms with van der Waals surface area (Å²) in [6.07, 6.45) is 6.40. The van der Waals surface area contributed by atoms with E-state index in [1.165, 1.54) is 32.2 Å². The molecule has 0 aromatic carbocycles. The Hall–Kier alpha value is -0.370. The van der Waals surface area contributed by atoms with Crippen LogP contribution in [0.3, 0.4) is 0 Å². The maximum Gasteiger partial charge on any atom is 0.131 e. The van der Waals surface area contributed by atoms with Gasteiger partial charge in [0.05, 0.1) is 0 Å². The molecule has 2 heteroatoms. The molecule has 0 spiro atoms. The maximum atomic E-state index is 10.8. The summed E-state index contributed by atoms with van der Waals surface area (Å²) in [6, 6.07) is 0.841. The number of Topliss-reactive ketones (excluding diaryl/α,β-unsaturated/α-hetero) is 1. The molecule has 2 rings (SSSR count). The molecule has 1 heterocycles. The van der Waals surface area contributed by atoms with E-state index in [9.17, 15) is 4.79 Å². The number of ketones is 1. The van der Waals surface area contributed by atoms with Gasteiger partial charge >= 0.3 is 0 Å². The molecule has 0 aromatic heterocycles. The highest BCUT2D eigenvalue weighted by Crippen LogP contribution is 2.36. The zero-order valence-corrected chi connectivity index (χ0v) is 8.46. The third-order valence-electron chi connectivity index (χ3n) is 3.56. The Bertz CT molecular complexity index is 202. The first kappa shape index (κ1) is 9.20. The van der Waals surface area contributed by atoms with Crippen molar-refractivity contribution < 1.29 is 4.79 Å². The lowest BCUT2D eigenvalue weighted by Gasteiger charge is -2.51. The van der Waals surface area contributed by atoms with Crippen LogP contribution in [0.2, 0.25) is 0 Å². The van der Waals surface area contributed by atoms with Gasteiger partial charge in [0.15, 0.2) is 0 Å². The first-order chi connectivity index (χ1) is 6.27. The van der Waals surface area contributed by atoms with Gasteiger partial charge in [-0.25, -0.2) is 0 Å². The van der Waals surface area contributed by atoms with E-state index in [2.05, 4.69) is 4.90 Å². The molecule has 0 unspecified atom stereocenters. The second-order valence-corrected chi connectivity index (χ2v) is 4.56. The highest BCUT2D eigenvalue weighted by Gasteiger charge is 2.39. The van der Waals surface area contributed by atoms with Crippen LogP contribution in [0.4, 0.5) is 0 Å². The molecule has 0 amide bonds. The van der Waals surface area contributed by atoms with E-state index in [-0.39, 0.29) is 0 Å². The minimum absolute atomic E-state index is 0.333. The number of nitrogens with zero attached hydrogens (tertiary/aromatic N) is 1. The zero-order chi connectivity index (χ0) is 9.26. The van der Waals surface area contributed by atoms with Crippen molar-refractivity contribution in [1.29, 1.82) is 0 Å². The van der Waals surface area contributed by atoms with Crippen molar-refractivity contribution in [2.45, 2.75) is 45.1 Å². The van der Waals surface area contributed by atoms with Gasteiger partial charge in [0.1, 0.15) is 5.78 Å². The SMILES string of the molecule is CC(=O)CCN1C[C@H]2CCCC[C@H]21. The molecular weight excluding hydrogens is 162 g/mol. The lowest BCUT2D eigenvalue weighted by atomic mass is 9.77. The van der Waals surface area contributed by atoms with E-state index in [1.807, 2.05) is 0 Å². The van der Waals surface area contributed by atoms with Gasteiger partial charge < -0.3 is 0 Å². The first-order valence-corrected chi connectivity index (χ1v) is 5.51. The molecule has 13 heavy (non-hydrogen) atoms. The number of rotatable bonds is 3. The van der Waals surface area contributed by atoms with Gasteiger partial charge in [-0.15, -0.1) is 0 Å². The molecule has 0 N–H and O–H groups in total. The number of likely N-dealkylation sites (tertiary alicyclic amines) is 1. The molecular formula is C11H19NO. The molecule has 1 aliphatic heterocycles. The van der Waals surface area contributed by atoms with Crippen LogP contribution in [-0.2, 0) is 4.79 Å². The average molecular weight is 181 g/mol. The van der Waals surface area contributed by atoms with Gasteiger partial charge in [-0.05, 0) is 25.7 Å². The summed E-state index contributed by atoms with van der Waals surface area (Å²) in [7, 11) is 0. The van der Waals surface area contributed by atoms with Crippen LogP contribution in [0.15, 0.2) is 0 Å². The van der Waals surface area contributed by atoms with Crippen LogP contribution in [0.1, 0.15) is 39.0 Å². The third kappa shape index (κ3) is 1.93. The molecule has 74 valence electrons. The van der Waals surface area contributed by atoms with Crippen LogP contribution >= 0.6 is 0 Å². The smallest absolute Gasteiger partial charge is 0.131 e. The van der Waals surface area contributed by atoms with Crippen molar-refractivity contribution in [1.82, 2.24) is 4.90 Å². The lowest BCUT2D eigenvalue weighted by molar-refractivity contribution is -0.118. The highest BCUT2D eigenvalue weighted by atomic mass is 16.1. The molecule has 2 atom stereocenters. The Morgan fingerprint density at radius 1 is 1.38 bits per heavy atom. The van der Waals surface area contributed by atoms with Crippen LogP contribution in [0, 0.1) is 5.92 Å². The maximum absolute atomic E-state index is 10.8. The van der Waals surface area contributed by atoms with Crippen LogP contribution in [0.5, 0.6) is 0 Å². The number of carbonyl (C=O) groups is 1. The Balaban J connectivity index is 1.74. The molecule has 0 bridgehead atoms. The van der Waals surface area contributed by atoms with Crippen LogP contribution < -0.4 is 0 Å². The Kier molecular flexibility index (Phi) is 2.68. The predicted molar refractivity (Wildman–Crippen MR) is 52.6 cm³/mol. The van der Waals surface area contributed by atoms with Gasteiger partial charge in [0.2, 0.25) is 0 Å². The van der Waals surface area contributed by atoms with Crippen LogP contribution in [-0.4, -0.2) is 29.8 Å². The van der Waals surface area contributed by atoms with Crippen molar-refractivity contribution in [2.75, 3.05) is 13.1 Å². The number of hydrogen-bond acceptors (Lipinski definition) is 2. The van der Waals surface area contributed by atoms with E-state index >= 15 is 0 Å². The number of hydrogen-bond donors (Lipinski definition) is 0. The fourth-order valence-electron chi connectivity index (χ4n) is 2.74. The molecule has 1 saturated carbocycles. The summed E-state index contributed by atoms with van der Waals surface area (Å²) in [5.74, 6) is 1.31. The van der Waals surface area contributed by atoms with Crippen molar-refractivity contribution in [3.63, 3.8) is 0 Å². The Morgan fingerprint density at radius 3 is 2.85 bits per heavy atom. The van der Waals surface area contributed by atoms with E-state index in [0.29, 0.717) is 5.78 Å². The van der Waals surface area contributed by atoms with Crippen molar-refractivity contribution in [3.05, 3.63) is 0 Å². The fourth-order valence-corrected chi connectivity index (χ4v) is 2.74. The Morgan fingerprint density at radius 2 is 2.15 bits per heavy atom.